The third kappa shape index (κ3) is 8.44. The molecule has 5 aromatic rings. The molecular weight excluding hydrogens is 618 g/mol. The van der Waals surface area contributed by atoms with Crippen molar-refractivity contribution in [3.63, 3.8) is 0 Å². The van der Waals surface area contributed by atoms with E-state index in [0.29, 0.717) is 28.3 Å². The minimum Gasteiger partial charge on any atom is -0.457 e. The highest BCUT2D eigenvalue weighted by Crippen LogP contribution is 2.30. The molecule has 4 aromatic carbocycles. The van der Waals surface area contributed by atoms with Gasteiger partial charge in [-0.2, -0.15) is 5.10 Å². The smallest absolute Gasteiger partial charge is 0.254 e. The summed E-state index contributed by atoms with van der Waals surface area (Å²) >= 11 is 0. The molecule has 0 saturated carbocycles. The summed E-state index contributed by atoms with van der Waals surface area (Å²) in [5, 5.41) is 6.91. The molecule has 5 rings (SSSR count). The molecule has 49 heavy (non-hydrogen) atoms. The number of rotatable bonds is 12. The number of nitrogens with two attached hydrogens (primary N) is 3. The van der Waals surface area contributed by atoms with Gasteiger partial charge in [0.25, 0.3) is 5.91 Å². The first kappa shape index (κ1) is 34.2. The highest BCUT2D eigenvalue weighted by molar-refractivity contribution is 5.99. The van der Waals surface area contributed by atoms with Crippen LogP contribution in [0.15, 0.2) is 102 Å². The first-order valence-electron chi connectivity index (χ1n) is 15.8. The maximum Gasteiger partial charge on any atom is 0.254 e. The molecule has 0 spiro atoms. The van der Waals surface area contributed by atoms with Crippen molar-refractivity contribution in [3.8, 4) is 11.5 Å². The van der Waals surface area contributed by atoms with Crippen LogP contribution in [0.3, 0.4) is 0 Å². The van der Waals surface area contributed by atoms with Crippen LogP contribution in [0.4, 0.5) is 5.69 Å². The number of hydrogen-bond acceptors (Lipinski definition) is 7. The summed E-state index contributed by atoms with van der Waals surface area (Å²) in [5.41, 5.74) is 16.7. The number of anilines is 1. The Hall–Kier alpha value is -6.10. The minimum absolute atomic E-state index is 0.00541. The summed E-state index contributed by atoms with van der Waals surface area (Å²) in [6.07, 6.45) is 3.34. The number of carbonyl (C=O) groups excluding carboxylic acids is 3. The number of ether oxygens (including phenoxy) is 1. The van der Waals surface area contributed by atoms with Crippen molar-refractivity contribution in [1.82, 2.24) is 15.2 Å². The van der Waals surface area contributed by atoms with Gasteiger partial charge in [0.05, 0.1) is 12.8 Å². The number of amides is 3. The number of aromatic nitrogens is 1. The molecular formula is C38H41N7O4. The number of fused-ring (bicyclic) bond motifs is 1. The Kier molecular flexibility index (Phi) is 10.3. The van der Waals surface area contributed by atoms with E-state index in [0.717, 1.165) is 22.0 Å². The standard InChI is InChI=1S/C38H41N7O4/c1-38(2,3)28-14-16-29(17-15-28)49-30-7-4-6-25(18-30)23-45(37(48)26-12-10-24(11-13-26)20-44-41)33(36(47)43-22-34(40)46)19-27-21-42-32-9-5-8-31(39)35(27)32/h4-18,20-21,33,42H,19,22-23,39,41H2,1-3H3,(H2,40,46)(H,43,47). The molecule has 8 N–H and O–H groups in total. The fraction of sp³-hybridized carbons (Fsp3) is 0.211. The van der Waals surface area contributed by atoms with Gasteiger partial charge in [-0.1, -0.05) is 63.2 Å². The Morgan fingerprint density at radius 1 is 0.959 bits per heavy atom. The monoisotopic (exact) mass is 659 g/mol. The Morgan fingerprint density at radius 2 is 1.67 bits per heavy atom. The average molecular weight is 660 g/mol. The quantitative estimate of drug-likeness (QED) is 0.0544. The number of H-pyrrole nitrogens is 1. The van der Waals surface area contributed by atoms with E-state index in [1.54, 1.807) is 36.5 Å². The van der Waals surface area contributed by atoms with E-state index >= 15 is 0 Å². The summed E-state index contributed by atoms with van der Waals surface area (Å²) < 4.78 is 6.19. The van der Waals surface area contributed by atoms with Gasteiger partial charge in [0.2, 0.25) is 11.8 Å². The molecule has 3 amide bonds. The zero-order valence-electron chi connectivity index (χ0n) is 27.8. The predicted octanol–water partition coefficient (Wildman–Crippen LogP) is 4.99. The lowest BCUT2D eigenvalue weighted by molar-refractivity contribution is -0.128. The molecule has 11 heteroatoms. The van der Waals surface area contributed by atoms with Gasteiger partial charge >= 0.3 is 0 Å². The molecule has 0 saturated heterocycles. The van der Waals surface area contributed by atoms with Crippen molar-refractivity contribution in [2.75, 3.05) is 12.3 Å². The van der Waals surface area contributed by atoms with Gasteiger partial charge in [-0.25, -0.2) is 0 Å². The summed E-state index contributed by atoms with van der Waals surface area (Å²) in [6, 6.07) is 26.4. The van der Waals surface area contributed by atoms with E-state index in [1.165, 1.54) is 16.7 Å². The second kappa shape index (κ2) is 14.8. The number of hydrogen-bond donors (Lipinski definition) is 5. The molecule has 0 bridgehead atoms. The first-order chi connectivity index (χ1) is 23.4. The van der Waals surface area contributed by atoms with Crippen molar-refractivity contribution in [2.24, 2.45) is 16.7 Å². The molecule has 1 atom stereocenters. The van der Waals surface area contributed by atoms with Gasteiger partial charge in [0.15, 0.2) is 0 Å². The van der Waals surface area contributed by atoms with Gasteiger partial charge in [-0.15, -0.1) is 0 Å². The van der Waals surface area contributed by atoms with Crippen molar-refractivity contribution >= 4 is 40.5 Å². The van der Waals surface area contributed by atoms with E-state index in [2.05, 4.69) is 36.2 Å². The number of primary amides is 1. The van der Waals surface area contributed by atoms with E-state index in [-0.39, 0.29) is 18.4 Å². The molecule has 0 aliphatic heterocycles. The van der Waals surface area contributed by atoms with Crippen LogP contribution in [-0.4, -0.2) is 46.4 Å². The number of nitrogens with one attached hydrogen (secondary N) is 2. The summed E-state index contributed by atoms with van der Waals surface area (Å²) in [4.78, 5) is 44.7. The van der Waals surface area contributed by atoms with Crippen LogP contribution in [0.25, 0.3) is 10.9 Å². The van der Waals surface area contributed by atoms with Crippen LogP contribution < -0.4 is 27.4 Å². The Balaban J connectivity index is 1.53. The molecule has 11 nitrogen and oxygen atoms in total. The molecule has 1 heterocycles. The lowest BCUT2D eigenvalue weighted by Gasteiger charge is -2.31. The molecule has 1 aromatic heterocycles. The normalized spacial score (nSPS) is 12.1. The second-order valence-corrected chi connectivity index (χ2v) is 12.8. The number of nitrogen functional groups attached to an aromatic ring is 1. The predicted molar refractivity (Wildman–Crippen MR) is 192 cm³/mol. The Labute approximate surface area is 285 Å². The zero-order valence-corrected chi connectivity index (χ0v) is 27.8. The molecule has 1 unspecified atom stereocenters. The fourth-order valence-corrected chi connectivity index (χ4v) is 5.64. The van der Waals surface area contributed by atoms with Crippen molar-refractivity contribution < 1.29 is 19.1 Å². The maximum atomic E-state index is 14.4. The lowest BCUT2D eigenvalue weighted by Crippen LogP contribution is -2.51. The van der Waals surface area contributed by atoms with Crippen LogP contribution in [0, 0.1) is 0 Å². The lowest BCUT2D eigenvalue weighted by atomic mass is 9.87. The van der Waals surface area contributed by atoms with E-state index in [9.17, 15) is 14.4 Å². The Morgan fingerprint density at radius 3 is 2.35 bits per heavy atom. The molecule has 252 valence electrons. The van der Waals surface area contributed by atoms with Crippen LogP contribution in [0.5, 0.6) is 11.5 Å². The van der Waals surface area contributed by atoms with Crippen LogP contribution >= 0.6 is 0 Å². The highest BCUT2D eigenvalue weighted by Gasteiger charge is 2.32. The molecule has 0 aliphatic rings. The van der Waals surface area contributed by atoms with Gasteiger partial charge in [0, 0.05) is 41.3 Å². The third-order valence-corrected chi connectivity index (χ3v) is 8.20. The fourth-order valence-electron chi connectivity index (χ4n) is 5.64. The molecule has 0 aliphatic carbocycles. The third-order valence-electron chi connectivity index (χ3n) is 8.20. The largest absolute Gasteiger partial charge is 0.457 e. The topological polar surface area (TPSA) is 182 Å². The number of carbonyl (C=O) groups is 3. The van der Waals surface area contributed by atoms with Gasteiger partial charge in [-0.3, -0.25) is 14.4 Å². The van der Waals surface area contributed by atoms with Crippen LogP contribution in [0.2, 0.25) is 0 Å². The van der Waals surface area contributed by atoms with E-state index in [1.807, 2.05) is 60.7 Å². The number of benzene rings is 4. The maximum absolute atomic E-state index is 14.4. The minimum atomic E-state index is -1.06. The van der Waals surface area contributed by atoms with Gasteiger partial charge in [-0.05, 0) is 76.2 Å². The molecule has 0 fully saturated rings. The first-order valence-corrected chi connectivity index (χ1v) is 15.8. The van der Waals surface area contributed by atoms with Crippen LogP contribution in [0.1, 0.15) is 53.4 Å². The van der Waals surface area contributed by atoms with Crippen molar-refractivity contribution in [2.45, 2.75) is 45.2 Å². The highest BCUT2D eigenvalue weighted by atomic mass is 16.5. The average Bonchev–Trinajstić information content (AvgIpc) is 3.49. The molecule has 0 radical (unpaired) electrons. The number of nitrogens with zero attached hydrogens (tertiary/aromatic N) is 2. The van der Waals surface area contributed by atoms with Crippen molar-refractivity contribution in [1.29, 1.82) is 0 Å². The summed E-state index contributed by atoms with van der Waals surface area (Å²) in [5.74, 6) is 4.88. The van der Waals surface area contributed by atoms with Crippen molar-refractivity contribution in [3.05, 3.63) is 125 Å². The van der Waals surface area contributed by atoms with E-state index < -0.39 is 30.3 Å². The van der Waals surface area contributed by atoms with Crippen LogP contribution in [-0.2, 0) is 28.0 Å². The van der Waals surface area contributed by atoms with Gasteiger partial charge in [0.1, 0.15) is 17.5 Å². The Bertz CT molecular complexity index is 1980. The second-order valence-electron chi connectivity index (χ2n) is 12.8. The SMILES string of the molecule is CC(C)(C)c1ccc(Oc2cccc(CN(C(=O)c3ccc(C=NN)cc3)C(Cc3c[nH]c4cccc(N)c34)C(=O)NCC(N)=O)c2)cc1. The summed E-state index contributed by atoms with van der Waals surface area (Å²) in [7, 11) is 0. The number of aromatic amines is 1. The van der Waals surface area contributed by atoms with E-state index in [4.69, 9.17) is 22.0 Å². The summed E-state index contributed by atoms with van der Waals surface area (Å²) in [6.45, 7) is 6.10. The number of hydrazone groups is 1. The van der Waals surface area contributed by atoms with Gasteiger partial charge < -0.3 is 37.2 Å². The zero-order chi connectivity index (χ0) is 35.1.